The number of rotatable bonds is 0. The summed E-state index contributed by atoms with van der Waals surface area (Å²) >= 11 is 2.14. The summed E-state index contributed by atoms with van der Waals surface area (Å²) in [5.41, 5.74) is 0. The second kappa shape index (κ2) is 11.1. The van der Waals surface area contributed by atoms with Crippen LogP contribution in [0.25, 0.3) is 0 Å². The molecule has 0 saturated carbocycles. The molecule has 0 aromatic rings. The molecule has 0 atom stereocenters. The van der Waals surface area contributed by atoms with Gasteiger partial charge in [0.05, 0.1) is 0 Å². The van der Waals surface area contributed by atoms with Crippen molar-refractivity contribution in [1.82, 2.24) is 6.15 Å². The first-order valence-electron chi connectivity index (χ1n) is 4.08. The molecule has 1 nitrogen and oxygen atoms in total. The van der Waals surface area contributed by atoms with Crippen molar-refractivity contribution in [3.8, 4) is 0 Å². The molecule has 1 aliphatic rings. The Labute approximate surface area is 92.1 Å². The normalized spacial score (nSPS) is 19.6. The van der Waals surface area contributed by atoms with Gasteiger partial charge in [-0.25, -0.2) is 0 Å². The van der Waals surface area contributed by atoms with E-state index in [-0.39, 0.29) is 30.6 Å². The summed E-state index contributed by atoms with van der Waals surface area (Å²) in [6.07, 6.45) is 8.86. The molecule has 1 fully saturated rings. The molecule has 1 aliphatic heterocycles. The third-order valence-corrected chi connectivity index (χ3v) is 2.98. The fraction of sp³-hybridized carbons (Fsp3) is 1.00. The van der Waals surface area contributed by atoms with Gasteiger partial charge in [-0.05, 0) is 24.3 Å². The van der Waals surface area contributed by atoms with Gasteiger partial charge in [0.25, 0.3) is 0 Å². The zero-order valence-electron chi connectivity index (χ0n) is 7.22. The van der Waals surface area contributed by atoms with Gasteiger partial charge in [-0.15, -0.1) is 0 Å². The molecule has 0 aromatic carbocycles. The molecule has 1 saturated heterocycles. The van der Waals surface area contributed by atoms with Gasteiger partial charge in [0.15, 0.2) is 0 Å². The SMILES string of the molecule is C1CCCCSCCC1.N.[Sb]. The smallest absolute Gasteiger partial charge is 0 e. The molecule has 3 radical (unpaired) electrons. The van der Waals surface area contributed by atoms with Crippen LogP contribution >= 0.6 is 11.8 Å². The van der Waals surface area contributed by atoms with Crippen molar-refractivity contribution < 1.29 is 0 Å². The van der Waals surface area contributed by atoms with Crippen LogP contribution in [-0.2, 0) is 0 Å². The number of thioether (sulfide) groups is 1. The van der Waals surface area contributed by atoms with E-state index in [1.165, 1.54) is 50.0 Å². The Hall–Kier alpha value is 1.13. The summed E-state index contributed by atoms with van der Waals surface area (Å²) in [6.45, 7) is 0. The molecule has 0 aromatic heterocycles. The Morgan fingerprint density at radius 2 is 1.00 bits per heavy atom. The molecule has 11 heavy (non-hydrogen) atoms. The van der Waals surface area contributed by atoms with E-state index in [1.54, 1.807) is 0 Å². The van der Waals surface area contributed by atoms with Gasteiger partial charge < -0.3 is 6.15 Å². The Morgan fingerprint density at radius 1 is 0.636 bits per heavy atom. The summed E-state index contributed by atoms with van der Waals surface area (Å²) in [4.78, 5) is 0. The Bertz CT molecular complexity index is 42.6. The van der Waals surface area contributed by atoms with Crippen LogP contribution in [0.2, 0.25) is 0 Å². The number of hydrogen-bond acceptors (Lipinski definition) is 2. The monoisotopic (exact) mass is 282 g/mol. The van der Waals surface area contributed by atoms with Crippen molar-refractivity contribution in [2.75, 3.05) is 11.5 Å². The van der Waals surface area contributed by atoms with Crippen LogP contribution < -0.4 is 6.15 Å². The molecule has 1 heterocycles. The first-order valence-corrected chi connectivity index (χ1v) is 5.23. The van der Waals surface area contributed by atoms with Crippen LogP contribution in [-0.4, -0.2) is 35.9 Å². The minimum absolute atomic E-state index is 0. The fourth-order valence-corrected chi connectivity index (χ4v) is 2.24. The summed E-state index contributed by atoms with van der Waals surface area (Å²) < 4.78 is 0. The quantitative estimate of drug-likeness (QED) is 0.694. The molecular formula is C8H19NSSb. The fourth-order valence-electron chi connectivity index (χ4n) is 1.22. The molecule has 0 amide bonds. The Kier molecular flexibility index (Phi) is 14.8. The Morgan fingerprint density at radius 3 is 1.45 bits per heavy atom. The van der Waals surface area contributed by atoms with Crippen LogP contribution in [0.5, 0.6) is 0 Å². The predicted molar refractivity (Wildman–Crippen MR) is 55.8 cm³/mol. The number of hydrogen-bond donors (Lipinski definition) is 1. The van der Waals surface area contributed by atoms with E-state index in [4.69, 9.17) is 0 Å². The molecule has 0 spiro atoms. The summed E-state index contributed by atoms with van der Waals surface area (Å²) in [5, 5.41) is 0. The van der Waals surface area contributed by atoms with Crippen molar-refractivity contribution in [1.29, 1.82) is 0 Å². The molecule has 1 rings (SSSR count). The second-order valence-electron chi connectivity index (χ2n) is 2.73. The van der Waals surface area contributed by atoms with E-state index in [2.05, 4.69) is 11.8 Å². The molecule has 0 unspecified atom stereocenters. The molecular weight excluding hydrogens is 264 g/mol. The van der Waals surface area contributed by atoms with E-state index in [9.17, 15) is 0 Å². The van der Waals surface area contributed by atoms with Gasteiger partial charge >= 0.3 is 0 Å². The molecule has 67 valence electrons. The third kappa shape index (κ3) is 9.04. The average molecular weight is 283 g/mol. The topological polar surface area (TPSA) is 35.0 Å². The minimum atomic E-state index is 0. The largest absolute Gasteiger partial charge is 0.344 e. The van der Waals surface area contributed by atoms with Crippen molar-refractivity contribution >= 4 is 36.2 Å². The first-order chi connectivity index (χ1) is 4.50. The van der Waals surface area contributed by atoms with Crippen molar-refractivity contribution in [3.05, 3.63) is 0 Å². The van der Waals surface area contributed by atoms with E-state index < -0.39 is 0 Å². The first kappa shape index (κ1) is 14.6. The summed E-state index contributed by atoms with van der Waals surface area (Å²) in [6, 6.07) is 0. The van der Waals surface area contributed by atoms with Gasteiger partial charge in [0, 0.05) is 24.4 Å². The van der Waals surface area contributed by atoms with Crippen LogP contribution in [0.3, 0.4) is 0 Å². The maximum Gasteiger partial charge on any atom is 0 e. The van der Waals surface area contributed by atoms with Gasteiger partial charge in [-0.3, -0.25) is 0 Å². The van der Waals surface area contributed by atoms with Gasteiger partial charge in [0.1, 0.15) is 0 Å². The van der Waals surface area contributed by atoms with Crippen LogP contribution in [0.15, 0.2) is 0 Å². The maximum atomic E-state index is 2.14. The van der Waals surface area contributed by atoms with E-state index >= 15 is 0 Å². The maximum absolute atomic E-state index is 2.14. The van der Waals surface area contributed by atoms with Gasteiger partial charge in [-0.2, -0.15) is 11.8 Å². The Balaban J connectivity index is 0. The van der Waals surface area contributed by atoms with Crippen molar-refractivity contribution in [2.24, 2.45) is 0 Å². The van der Waals surface area contributed by atoms with E-state index in [1.807, 2.05) is 0 Å². The zero-order chi connectivity index (χ0) is 6.36. The van der Waals surface area contributed by atoms with E-state index in [0.717, 1.165) is 0 Å². The van der Waals surface area contributed by atoms with Crippen molar-refractivity contribution in [2.45, 2.75) is 38.5 Å². The predicted octanol–water partition coefficient (Wildman–Crippen LogP) is 2.85. The standard InChI is InChI=1S/C8H16S.H3N.Sb/c1-2-4-6-8-9-7-5-3-1;;/h1-8H2;1H3;. The van der Waals surface area contributed by atoms with Crippen LogP contribution in [0.4, 0.5) is 0 Å². The summed E-state index contributed by atoms with van der Waals surface area (Å²) in [7, 11) is 0. The van der Waals surface area contributed by atoms with Crippen LogP contribution in [0, 0.1) is 0 Å². The molecule has 3 heteroatoms. The average Bonchev–Trinajstić information content (AvgIpc) is 2.00. The van der Waals surface area contributed by atoms with Gasteiger partial charge in [0.2, 0.25) is 0 Å². The molecule has 0 bridgehead atoms. The summed E-state index contributed by atoms with van der Waals surface area (Å²) in [5.74, 6) is 2.83. The minimum Gasteiger partial charge on any atom is -0.344 e. The zero-order valence-corrected chi connectivity index (χ0v) is 10.6. The van der Waals surface area contributed by atoms with Gasteiger partial charge in [-0.1, -0.05) is 25.7 Å². The molecule has 0 aliphatic carbocycles. The van der Waals surface area contributed by atoms with Crippen LogP contribution in [0.1, 0.15) is 38.5 Å². The van der Waals surface area contributed by atoms with E-state index in [0.29, 0.717) is 0 Å². The third-order valence-electron chi connectivity index (χ3n) is 1.83. The second-order valence-corrected chi connectivity index (χ2v) is 3.96. The van der Waals surface area contributed by atoms with Crippen molar-refractivity contribution in [3.63, 3.8) is 0 Å². The molecule has 3 N–H and O–H groups in total.